The second-order valence-corrected chi connectivity index (χ2v) is 7.19. The Hall–Kier alpha value is -1.80. The molecule has 1 aliphatic rings. The molecule has 1 unspecified atom stereocenters. The zero-order valence-corrected chi connectivity index (χ0v) is 13.1. The lowest BCUT2D eigenvalue weighted by atomic mass is 10.2. The molecule has 3 heterocycles. The third kappa shape index (κ3) is 1.97. The van der Waals surface area contributed by atoms with Crippen LogP contribution in [0.5, 0.6) is 0 Å². The topological polar surface area (TPSA) is 86.2 Å². The second kappa shape index (κ2) is 4.60. The molecule has 0 amide bonds. The fraction of sp³-hybridized carbons (Fsp3) is 0.462. The molecule has 0 spiro atoms. The van der Waals surface area contributed by atoms with Gasteiger partial charge in [-0.25, -0.2) is 13.4 Å². The lowest BCUT2D eigenvalue weighted by Gasteiger charge is -2.34. The number of imidazole rings is 1. The van der Waals surface area contributed by atoms with Gasteiger partial charge in [-0.05, 0) is 26.0 Å². The fourth-order valence-electron chi connectivity index (χ4n) is 2.99. The molecule has 0 radical (unpaired) electrons. The van der Waals surface area contributed by atoms with Crippen LogP contribution in [-0.4, -0.2) is 33.4 Å². The first-order valence-electron chi connectivity index (χ1n) is 6.78. The molecule has 0 aromatic carbocycles. The van der Waals surface area contributed by atoms with Gasteiger partial charge in [-0.3, -0.25) is 0 Å². The molecule has 7 nitrogen and oxygen atoms in total. The Morgan fingerprint density at radius 2 is 2.05 bits per heavy atom. The van der Waals surface area contributed by atoms with Crippen LogP contribution >= 0.6 is 0 Å². The number of nitrogen functional groups attached to an aromatic ring is 1. The highest BCUT2D eigenvalue weighted by molar-refractivity contribution is 7.89. The first-order valence-corrected chi connectivity index (χ1v) is 8.22. The van der Waals surface area contributed by atoms with Gasteiger partial charge in [-0.2, -0.15) is 4.31 Å². The molecule has 0 saturated heterocycles. The molecule has 114 valence electrons. The van der Waals surface area contributed by atoms with E-state index in [1.54, 1.807) is 7.05 Å². The van der Waals surface area contributed by atoms with Crippen molar-refractivity contribution in [3.05, 3.63) is 29.8 Å². The van der Waals surface area contributed by atoms with Crippen LogP contribution in [0, 0.1) is 6.92 Å². The van der Waals surface area contributed by atoms with Crippen LogP contribution in [-0.2, 0) is 23.6 Å². The smallest absolute Gasteiger partial charge is 0.263 e. The van der Waals surface area contributed by atoms with Gasteiger partial charge in [0, 0.05) is 31.5 Å². The van der Waals surface area contributed by atoms with Gasteiger partial charge in [0.2, 0.25) is 0 Å². The monoisotopic (exact) mass is 309 g/mol. The molecule has 8 heteroatoms. The van der Waals surface area contributed by atoms with Crippen LogP contribution in [0.3, 0.4) is 0 Å². The van der Waals surface area contributed by atoms with Crippen molar-refractivity contribution in [3.63, 3.8) is 0 Å². The number of nitrogens with zero attached hydrogens (tertiary/aromatic N) is 4. The Morgan fingerprint density at radius 1 is 1.33 bits per heavy atom. The number of rotatable bonds is 2. The normalized spacial score (nSPS) is 19.7. The Kier molecular flexibility index (Phi) is 3.10. The van der Waals surface area contributed by atoms with Crippen LogP contribution in [0.15, 0.2) is 23.5 Å². The van der Waals surface area contributed by atoms with E-state index in [-0.39, 0.29) is 16.9 Å². The predicted octanol–water partition coefficient (Wildman–Crippen LogP) is 0.878. The number of aryl methyl sites for hydroxylation is 2. The van der Waals surface area contributed by atoms with Crippen LogP contribution in [0.1, 0.15) is 24.4 Å². The summed E-state index contributed by atoms with van der Waals surface area (Å²) in [5, 5.41) is 0.0612. The fourth-order valence-corrected chi connectivity index (χ4v) is 4.79. The maximum absolute atomic E-state index is 12.9. The summed E-state index contributed by atoms with van der Waals surface area (Å²) in [4.78, 5) is 3.88. The largest absolute Gasteiger partial charge is 0.381 e. The Labute approximate surface area is 124 Å². The average Bonchev–Trinajstić information content (AvgIpc) is 2.94. The average molecular weight is 309 g/mol. The van der Waals surface area contributed by atoms with Gasteiger partial charge in [0.15, 0.2) is 10.8 Å². The van der Waals surface area contributed by atoms with Gasteiger partial charge in [0.25, 0.3) is 10.0 Å². The maximum atomic E-state index is 12.9. The highest BCUT2D eigenvalue weighted by Crippen LogP contribution is 2.33. The first-order chi connectivity index (χ1) is 9.84. The van der Waals surface area contributed by atoms with E-state index < -0.39 is 10.0 Å². The van der Waals surface area contributed by atoms with Gasteiger partial charge in [0.1, 0.15) is 0 Å². The molecule has 3 rings (SSSR count). The minimum absolute atomic E-state index is 0.0434. The standard InChI is InChI=1S/C13H19N5O2S/c1-9-4-5-11-10(2)18(7-6-17(9)11)21(19,20)13-12(14)15-8-16(13)3/h4-5,8,10H,6-7,14H2,1-3H3. The summed E-state index contributed by atoms with van der Waals surface area (Å²) in [5.74, 6) is 0.0434. The van der Waals surface area contributed by atoms with Crippen molar-refractivity contribution in [2.75, 3.05) is 12.3 Å². The van der Waals surface area contributed by atoms with E-state index in [2.05, 4.69) is 9.55 Å². The molecule has 0 saturated carbocycles. The molecule has 1 aliphatic heterocycles. The summed E-state index contributed by atoms with van der Waals surface area (Å²) >= 11 is 0. The summed E-state index contributed by atoms with van der Waals surface area (Å²) in [6, 6.07) is 3.76. The SMILES string of the molecule is Cc1ccc2n1CCN(S(=O)(=O)c1c(N)ncn1C)C2C. The van der Waals surface area contributed by atoms with Gasteiger partial charge in [-0.1, -0.05) is 0 Å². The van der Waals surface area contributed by atoms with E-state index in [4.69, 9.17) is 5.73 Å². The number of aromatic nitrogens is 3. The molecular formula is C13H19N5O2S. The number of fused-ring (bicyclic) bond motifs is 1. The molecule has 0 bridgehead atoms. The van der Waals surface area contributed by atoms with Gasteiger partial charge >= 0.3 is 0 Å². The summed E-state index contributed by atoms with van der Waals surface area (Å²) in [6.45, 7) is 5.00. The van der Waals surface area contributed by atoms with E-state index in [1.165, 1.54) is 15.2 Å². The minimum atomic E-state index is -3.67. The lowest BCUT2D eigenvalue weighted by Crippen LogP contribution is -2.41. The Morgan fingerprint density at radius 3 is 2.67 bits per heavy atom. The molecule has 21 heavy (non-hydrogen) atoms. The van der Waals surface area contributed by atoms with Gasteiger partial charge in [-0.15, -0.1) is 0 Å². The zero-order chi connectivity index (χ0) is 15.4. The van der Waals surface area contributed by atoms with Crippen LogP contribution in [0.25, 0.3) is 0 Å². The van der Waals surface area contributed by atoms with Crippen molar-refractivity contribution in [2.24, 2.45) is 7.05 Å². The highest BCUT2D eigenvalue weighted by Gasteiger charge is 2.37. The van der Waals surface area contributed by atoms with Gasteiger partial charge < -0.3 is 14.9 Å². The van der Waals surface area contributed by atoms with Crippen LogP contribution in [0.4, 0.5) is 5.82 Å². The van der Waals surface area contributed by atoms with E-state index in [1.807, 2.05) is 26.0 Å². The molecule has 2 N–H and O–H groups in total. The summed E-state index contributed by atoms with van der Waals surface area (Å²) < 4.78 is 30.9. The molecule has 2 aromatic heterocycles. The number of nitrogens with two attached hydrogens (primary N) is 1. The van der Waals surface area contributed by atoms with Crippen molar-refractivity contribution in [3.8, 4) is 0 Å². The third-order valence-corrected chi connectivity index (χ3v) is 6.20. The number of sulfonamides is 1. The minimum Gasteiger partial charge on any atom is -0.381 e. The van der Waals surface area contributed by atoms with Crippen molar-refractivity contribution in [2.45, 2.75) is 31.5 Å². The lowest BCUT2D eigenvalue weighted by molar-refractivity contribution is 0.279. The van der Waals surface area contributed by atoms with Crippen molar-refractivity contribution < 1.29 is 8.42 Å². The Bertz CT molecular complexity index is 770. The molecule has 0 fully saturated rings. The van der Waals surface area contributed by atoms with E-state index in [9.17, 15) is 8.42 Å². The third-order valence-electron chi connectivity index (χ3n) is 4.10. The summed E-state index contributed by atoms with van der Waals surface area (Å²) in [7, 11) is -2.03. The zero-order valence-electron chi connectivity index (χ0n) is 12.3. The molecule has 2 aromatic rings. The molecule has 1 atom stereocenters. The quantitative estimate of drug-likeness (QED) is 0.892. The van der Waals surface area contributed by atoms with E-state index in [0.717, 1.165) is 11.4 Å². The van der Waals surface area contributed by atoms with Crippen molar-refractivity contribution in [1.29, 1.82) is 0 Å². The van der Waals surface area contributed by atoms with E-state index >= 15 is 0 Å². The number of hydrogen-bond donors (Lipinski definition) is 1. The summed E-state index contributed by atoms with van der Waals surface area (Å²) in [5.41, 5.74) is 7.89. The molecular weight excluding hydrogens is 290 g/mol. The number of hydrogen-bond acceptors (Lipinski definition) is 4. The van der Waals surface area contributed by atoms with Crippen LogP contribution < -0.4 is 5.73 Å². The Balaban J connectivity index is 2.06. The van der Waals surface area contributed by atoms with E-state index in [0.29, 0.717) is 13.1 Å². The number of anilines is 1. The maximum Gasteiger partial charge on any atom is 0.263 e. The first kappa shape index (κ1) is 14.2. The second-order valence-electron chi connectivity index (χ2n) is 5.39. The van der Waals surface area contributed by atoms with Crippen molar-refractivity contribution in [1.82, 2.24) is 18.4 Å². The van der Waals surface area contributed by atoms with Gasteiger partial charge in [0.05, 0.1) is 12.4 Å². The van der Waals surface area contributed by atoms with Crippen molar-refractivity contribution >= 4 is 15.8 Å². The highest BCUT2D eigenvalue weighted by atomic mass is 32.2. The molecule has 0 aliphatic carbocycles. The van der Waals surface area contributed by atoms with Crippen LogP contribution in [0.2, 0.25) is 0 Å². The predicted molar refractivity (Wildman–Crippen MR) is 79.1 cm³/mol. The summed E-state index contributed by atoms with van der Waals surface area (Å²) in [6.07, 6.45) is 1.42.